The maximum absolute atomic E-state index is 12.5. The molecular formula is C21H19Cl2N3O2S. The number of thioether (sulfide) groups is 1. The number of carbonyl (C=O) groups is 1. The summed E-state index contributed by atoms with van der Waals surface area (Å²) in [6.07, 6.45) is -0.0701. The van der Waals surface area contributed by atoms with Crippen molar-refractivity contribution < 1.29 is 4.79 Å². The first-order valence-corrected chi connectivity index (χ1v) is 10.6. The van der Waals surface area contributed by atoms with Crippen LogP contribution < -0.4 is 10.9 Å². The van der Waals surface area contributed by atoms with Crippen LogP contribution in [-0.2, 0) is 17.0 Å². The Labute approximate surface area is 182 Å². The first-order chi connectivity index (χ1) is 13.8. The van der Waals surface area contributed by atoms with Crippen LogP contribution in [0.2, 0.25) is 10.0 Å². The fourth-order valence-corrected chi connectivity index (χ4v) is 3.97. The topological polar surface area (TPSA) is 74.8 Å². The molecule has 0 saturated heterocycles. The minimum atomic E-state index is -0.316. The van der Waals surface area contributed by atoms with Crippen molar-refractivity contribution in [1.82, 2.24) is 9.97 Å². The van der Waals surface area contributed by atoms with Crippen LogP contribution in [0, 0.1) is 13.8 Å². The minimum absolute atomic E-state index is 0.0701. The Bertz CT molecular complexity index is 1120. The summed E-state index contributed by atoms with van der Waals surface area (Å²) in [6, 6.07) is 12.8. The number of carbonyl (C=O) groups excluding carboxylic acids is 1. The minimum Gasteiger partial charge on any atom is -0.326 e. The molecule has 1 amide bonds. The summed E-state index contributed by atoms with van der Waals surface area (Å²) in [6.45, 7) is 3.55. The van der Waals surface area contributed by atoms with Gasteiger partial charge in [0.05, 0.1) is 6.42 Å². The molecule has 0 atom stereocenters. The predicted molar refractivity (Wildman–Crippen MR) is 119 cm³/mol. The Hall–Kier alpha value is -2.28. The van der Waals surface area contributed by atoms with E-state index < -0.39 is 0 Å². The summed E-state index contributed by atoms with van der Waals surface area (Å²) in [7, 11) is 0. The van der Waals surface area contributed by atoms with Gasteiger partial charge in [-0.3, -0.25) is 9.59 Å². The quantitative estimate of drug-likeness (QED) is 0.403. The van der Waals surface area contributed by atoms with Gasteiger partial charge >= 0.3 is 0 Å². The maximum Gasteiger partial charge on any atom is 0.255 e. The lowest BCUT2D eigenvalue weighted by molar-refractivity contribution is -0.115. The molecule has 0 unspecified atom stereocenters. The highest BCUT2D eigenvalue weighted by Gasteiger charge is 2.14. The highest BCUT2D eigenvalue weighted by atomic mass is 35.5. The fourth-order valence-electron chi connectivity index (χ4n) is 2.74. The van der Waals surface area contributed by atoms with E-state index in [-0.39, 0.29) is 17.9 Å². The van der Waals surface area contributed by atoms with Gasteiger partial charge in [0.2, 0.25) is 5.91 Å². The van der Waals surface area contributed by atoms with Gasteiger partial charge in [0.25, 0.3) is 5.56 Å². The van der Waals surface area contributed by atoms with E-state index in [0.717, 1.165) is 11.1 Å². The number of anilines is 1. The highest BCUT2D eigenvalue weighted by Crippen LogP contribution is 2.23. The van der Waals surface area contributed by atoms with Crippen LogP contribution in [0.1, 0.15) is 22.4 Å². The molecule has 0 aliphatic heterocycles. The summed E-state index contributed by atoms with van der Waals surface area (Å²) in [5, 5.41) is 4.53. The number of aromatic nitrogens is 2. The second-order valence-electron chi connectivity index (χ2n) is 6.49. The van der Waals surface area contributed by atoms with E-state index in [4.69, 9.17) is 23.2 Å². The number of aromatic amines is 1. The van der Waals surface area contributed by atoms with Crippen LogP contribution in [0.25, 0.3) is 0 Å². The molecule has 2 aromatic carbocycles. The van der Waals surface area contributed by atoms with E-state index >= 15 is 0 Å². The zero-order valence-corrected chi connectivity index (χ0v) is 18.2. The summed E-state index contributed by atoms with van der Waals surface area (Å²) < 4.78 is 0. The van der Waals surface area contributed by atoms with Crippen molar-refractivity contribution in [3.8, 4) is 0 Å². The lowest BCUT2D eigenvalue weighted by atomic mass is 10.1. The second-order valence-corrected chi connectivity index (χ2v) is 8.30. The van der Waals surface area contributed by atoms with E-state index in [1.165, 1.54) is 11.8 Å². The van der Waals surface area contributed by atoms with Crippen LogP contribution >= 0.6 is 35.0 Å². The van der Waals surface area contributed by atoms with Crippen molar-refractivity contribution in [1.29, 1.82) is 0 Å². The Morgan fingerprint density at radius 1 is 1.17 bits per heavy atom. The van der Waals surface area contributed by atoms with Gasteiger partial charge in [-0.25, -0.2) is 4.98 Å². The van der Waals surface area contributed by atoms with Crippen molar-refractivity contribution in [2.24, 2.45) is 0 Å². The van der Waals surface area contributed by atoms with Crippen molar-refractivity contribution in [2.45, 2.75) is 31.2 Å². The normalized spacial score (nSPS) is 10.8. The zero-order valence-electron chi connectivity index (χ0n) is 15.9. The molecule has 2 N–H and O–H groups in total. The molecule has 1 aromatic heterocycles. The Morgan fingerprint density at radius 3 is 2.66 bits per heavy atom. The van der Waals surface area contributed by atoms with E-state index in [9.17, 15) is 9.59 Å². The van der Waals surface area contributed by atoms with Gasteiger partial charge in [0, 0.05) is 32.7 Å². The molecule has 1 heterocycles. The number of hydrogen-bond acceptors (Lipinski definition) is 4. The number of halogens is 2. The van der Waals surface area contributed by atoms with E-state index in [0.29, 0.717) is 37.9 Å². The lowest BCUT2D eigenvalue weighted by Gasteiger charge is -2.10. The second kappa shape index (κ2) is 9.48. The van der Waals surface area contributed by atoms with Gasteiger partial charge in [-0.15, -0.1) is 0 Å². The monoisotopic (exact) mass is 447 g/mol. The van der Waals surface area contributed by atoms with Crippen molar-refractivity contribution in [3.63, 3.8) is 0 Å². The third kappa shape index (κ3) is 5.63. The van der Waals surface area contributed by atoms with Crippen LogP contribution in [0.4, 0.5) is 5.69 Å². The highest BCUT2D eigenvalue weighted by molar-refractivity contribution is 7.98. The van der Waals surface area contributed by atoms with Gasteiger partial charge in [0.15, 0.2) is 5.16 Å². The molecular weight excluding hydrogens is 429 g/mol. The first kappa shape index (κ1) is 21.4. The number of nitrogens with zero attached hydrogens (tertiary/aromatic N) is 1. The number of hydrogen-bond donors (Lipinski definition) is 2. The molecule has 0 spiro atoms. The number of nitrogens with one attached hydrogen (secondary N) is 2. The molecule has 5 nitrogen and oxygen atoms in total. The Morgan fingerprint density at radius 2 is 1.93 bits per heavy atom. The molecule has 3 aromatic rings. The molecule has 0 fully saturated rings. The van der Waals surface area contributed by atoms with Crippen LogP contribution in [0.15, 0.2) is 52.4 Å². The van der Waals surface area contributed by atoms with Crippen LogP contribution in [0.3, 0.4) is 0 Å². The van der Waals surface area contributed by atoms with Crippen LogP contribution in [0.5, 0.6) is 0 Å². The average Bonchev–Trinajstić information content (AvgIpc) is 2.67. The fraction of sp³-hybridized carbons (Fsp3) is 0.190. The number of aryl methyl sites for hydroxylation is 1. The third-order valence-corrected chi connectivity index (χ3v) is 5.93. The van der Waals surface area contributed by atoms with Gasteiger partial charge < -0.3 is 10.3 Å². The number of H-pyrrole nitrogens is 1. The molecule has 3 rings (SSSR count). The number of benzene rings is 2. The smallest absolute Gasteiger partial charge is 0.255 e. The van der Waals surface area contributed by atoms with E-state index in [1.54, 1.807) is 25.1 Å². The van der Waals surface area contributed by atoms with Gasteiger partial charge in [-0.05, 0) is 49.2 Å². The molecule has 0 aliphatic rings. The van der Waals surface area contributed by atoms with Crippen LogP contribution in [-0.4, -0.2) is 15.9 Å². The molecule has 150 valence electrons. The summed E-state index contributed by atoms with van der Waals surface area (Å²) in [4.78, 5) is 32.1. The Balaban J connectivity index is 1.69. The van der Waals surface area contributed by atoms with Crippen molar-refractivity contribution in [2.75, 3.05) is 5.32 Å². The molecule has 0 aliphatic carbocycles. The summed E-state index contributed by atoms with van der Waals surface area (Å²) in [5.41, 5.74) is 2.99. The summed E-state index contributed by atoms with van der Waals surface area (Å²) in [5.74, 6) is 0.321. The predicted octanol–water partition coefficient (Wildman–Crippen LogP) is 5.17. The van der Waals surface area contributed by atoms with Crippen molar-refractivity contribution >= 4 is 46.6 Å². The lowest BCUT2D eigenvalue weighted by Crippen LogP contribution is -2.24. The molecule has 29 heavy (non-hydrogen) atoms. The van der Waals surface area contributed by atoms with Crippen molar-refractivity contribution in [3.05, 3.63) is 85.2 Å². The number of amides is 1. The van der Waals surface area contributed by atoms with Gasteiger partial charge in [-0.1, -0.05) is 53.2 Å². The Kier molecular flexibility index (Phi) is 7.00. The first-order valence-electron chi connectivity index (χ1n) is 8.85. The molecule has 0 saturated carbocycles. The SMILES string of the molecule is Cc1nc(SCc2cccc(Cl)c2)[nH]c(=O)c1CC(=O)Nc1cccc(Cl)c1C. The van der Waals surface area contributed by atoms with E-state index in [1.807, 2.05) is 31.2 Å². The largest absolute Gasteiger partial charge is 0.326 e. The van der Waals surface area contributed by atoms with Gasteiger partial charge in [-0.2, -0.15) is 0 Å². The number of rotatable bonds is 6. The standard InChI is InChI=1S/C21H19Cl2N3O2S/c1-12-17(23)7-4-8-18(12)25-19(27)10-16-13(2)24-21(26-20(16)28)29-11-14-5-3-6-15(22)9-14/h3-9H,10-11H2,1-2H3,(H,25,27)(H,24,26,28). The zero-order chi connectivity index (χ0) is 21.0. The molecule has 8 heteroatoms. The third-order valence-electron chi connectivity index (χ3n) is 4.34. The van der Waals surface area contributed by atoms with Gasteiger partial charge in [0.1, 0.15) is 0 Å². The summed E-state index contributed by atoms with van der Waals surface area (Å²) >= 11 is 13.5. The maximum atomic E-state index is 12.5. The van der Waals surface area contributed by atoms with E-state index in [2.05, 4.69) is 15.3 Å². The molecule has 0 bridgehead atoms. The average molecular weight is 448 g/mol. The molecule has 0 radical (unpaired) electrons.